The third kappa shape index (κ3) is 2.99. The summed E-state index contributed by atoms with van der Waals surface area (Å²) in [7, 11) is 1.51. The second kappa shape index (κ2) is 5.97. The van der Waals surface area contributed by atoms with Crippen LogP contribution >= 0.6 is 0 Å². The summed E-state index contributed by atoms with van der Waals surface area (Å²) >= 11 is 0. The number of nitrogen functional groups attached to an aromatic ring is 1. The largest absolute Gasteiger partial charge is 0.394 e. The Kier molecular flexibility index (Phi) is 4.46. The fraction of sp³-hybridized carbons (Fsp3) is 0.571. The smallest absolute Gasteiger partial charge is 0.145 e. The Morgan fingerprint density at radius 1 is 1.48 bits per heavy atom. The van der Waals surface area contributed by atoms with E-state index in [0.29, 0.717) is 17.9 Å². The minimum absolute atomic E-state index is 0.138. The number of hydrogen-bond acceptors (Lipinski definition) is 6. The molecule has 116 valence electrons. The molecule has 2 aromatic rings. The van der Waals surface area contributed by atoms with Crippen molar-refractivity contribution in [3.8, 4) is 0 Å². The highest BCUT2D eigenvalue weighted by Crippen LogP contribution is 2.31. The van der Waals surface area contributed by atoms with Crippen molar-refractivity contribution in [3.05, 3.63) is 18.6 Å². The summed E-state index contributed by atoms with van der Waals surface area (Å²) in [4.78, 5) is 8.19. The van der Waals surface area contributed by atoms with Gasteiger partial charge in [-0.25, -0.2) is 9.97 Å². The Morgan fingerprint density at radius 2 is 2.19 bits per heavy atom. The number of hydrogen-bond donors (Lipinski definition) is 3. The zero-order valence-corrected chi connectivity index (χ0v) is 12.5. The average molecular weight is 294 g/mol. The van der Waals surface area contributed by atoms with E-state index < -0.39 is 11.7 Å². The first-order valence-electron chi connectivity index (χ1n) is 6.83. The summed E-state index contributed by atoms with van der Waals surface area (Å²) in [6.07, 6.45) is 3.13. The van der Waals surface area contributed by atoms with E-state index in [1.165, 1.54) is 13.4 Å². The van der Waals surface area contributed by atoms with Crippen molar-refractivity contribution in [2.24, 2.45) is 0 Å². The van der Waals surface area contributed by atoms with Gasteiger partial charge in [-0.05, 0) is 19.9 Å². The molecule has 0 aliphatic rings. The normalized spacial score (nSPS) is 17.6. The van der Waals surface area contributed by atoms with Gasteiger partial charge in [0.25, 0.3) is 0 Å². The van der Waals surface area contributed by atoms with Crippen LogP contribution in [-0.4, -0.2) is 50.2 Å². The maximum absolute atomic E-state index is 10.7. The van der Waals surface area contributed by atoms with Crippen LogP contribution in [0.2, 0.25) is 0 Å². The van der Waals surface area contributed by atoms with E-state index in [1.54, 1.807) is 6.92 Å². The van der Waals surface area contributed by atoms with Crippen molar-refractivity contribution in [2.45, 2.75) is 38.0 Å². The molecular formula is C14H22N4O3. The van der Waals surface area contributed by atoms with Gasteiger partial charge >= 0.3 is 0 Å². The molecule has 2 aromatic heterocycles. The third-order valence-corrected chi connectivity index (χ3v) is 4.04. The van der Waals surface area contributed by atoms with Crippen molar-refractivity contribution in [1.82, 2.24) is 14.5 Å². The second-order valence-corrected chi connectivity index (χ2v) is 5.50. The highest BCUT2D eigenvalue weighted by Gasteiger charge is 2.33. The topological polar surface area (TPSA) is 106 Å². The van der Waals surface area contributed by atoms with Gasteiger partial charge in [0.2, 0.25) is 0 Å². The van der Waals surface area contributed by atoms with Crippen LogP contribution in [0.5, 0.6) is 0 Å². The highest BCUT2D eigenvalue weighted by atomic mass is 16.5. The van der Waals surface area contributed by atoms with Crippen molar-refractivity contribution in [1.29, 1.82) is 0 Å². The number of methoxy groups -OCH3 is 1. The van der Waals surface area contributed by atoms with Crippen molar-refractivity contribution >= 4 is 16.9 Å². The first kappa shape index (κ1) is 15.7. The predicted molar refractivity (Wildman–Crippen MR) is 79.8 cm³/mol. The molecule has 21 heavy (non-hydrogen) atoms. The number of rotatable bonds is 6. The molecule has 0 fully saturated rings. The molecular weight excluding hydrogens is 272 g/mol. The summed E-state index contributed by atoms with van der Waals surface area (Å²) in [5, 5.41) is 20.7. The number of nitrogens with two attached hydrogens (primary N) is 1. The molecule has 7 heteroatoms. The van der Waals surface area contributed by atoms with E-state index in [1.807, 2.05) is 23.8 Å². The average Bonchev–Trinajstić information content (AvgIpc) is 2.89. The van der Waals surface area contributed by atoms with Crippen molar-refractivity contribution < 1.29 is 14.9 Å². The number of aliphatic hydroxyl groups is 2. The summed E-state index contributed by atoms with van der Waals surface area (Å²) in [5.41, 5.74) is 5.42. The summed E-state index contributed by atoms with van der Waals surface area (Å²) < 4.78 is 7.00. The van der Waals surface area contributed by atoms with Crippen molar-refractivity contribution in [2.75, 3.05) is 19.5 Å². The highest BCUT2D eigenvalue weighted by molar-refractivity contribution is 5.86. The van der Waals surface area contributed by atoms with Crippen LogP contribution in [0.25, 0.3) is 11.0 Å². The Morgan fingerprint density at radius 3 is 2.81 bits per heavy atom. The van der Waals surface area contributed by atoms with Crippen LogP contribution in [0, 0.1) is 0 Å². The molecule has 4 N–H and O–H groups in total. The standard InChI is InChI=1S/C14H22N4O3/c1-9(14(2,20)6-10(7-19)21-3)18-5-4-11-12(15)16-8-17-13(11)18/h4-5,8-10,19-20H,6-7H2,1-3H3,(H2,15,16,17)/t9?,10?,14-/m0/s1. The van der Waals surface area contributed by atoms with E-state index in [9.17, 15) is 10.2 Å². The fourth-order valence-electron chi connectivity index (χ4n) is 2.46. The Balaban J connectivity index is 2.32. The molecule has 2 unspecified atom stereocenters. The molecule has 2 heterocycles. The summed E-state index contributed by atoms with van der Waals surface area (Å²) in [5.74, 6) is 0.413. The number of aliphatic hydroxyl groups excluding tert-OH is 1. The van der Waals surface area contributed by atoms with Crippen LogP contribution in [0.3, 0.4) is 0 Å². The lowest BCUT2D eigenvalue weighted by molar-refractivity contribution is -0.0558. The molecule has 2 rings (SSSR count). The summed E-state index contributed by atoms with van der Waals surface area (Å²) in [6.45, 7) is 3.47. The zero-order chi connectivity index (χ0) is 15.6. The van der Waals surface area contributed by atoms with Crippen LogP contribution in [-0.2, 0) is 4.74 Å². The summed E-state index contributed by atoms with van der Waals surface area (Å²) in [6, 6.07) is 1.56. The van der Waals surface area contributed by atoms with Gasteiger partial charge in [-0.2, -0.15) is 0 Å². The molecule has 0 saturated carbocycles. The van der Waals surface area contributed by atoms with E-state index in [2.05, 4.69) is 9.97 Å². The first-order chi connectivity index (χ1) is 9.90. The van der Waals surface area contributed by atoms with Gasteiger partial charge in [-0.3, -0.25) is 0 Å². The number of fused-ring (bicyclic) bond motifs is 1. The molecule has 0 bridgehead atoms. The SMILES string of the molecule is COC(CO)C[C@](C)(O)C(C)n1ccc2c(N)ncnc21. The Bertz CT molecular complexity index is 607. The van der Waals surface area contributed by atoms with Crippen LogP contribution < -0.4 is 5.73 Å². The molecule has 7 nitrogen and oxygen atoms in total. The van der Waals surface area contributed by atoms with Crippen LogP contribution in [0.4, 0.5) is 5.82 Å². The molecule has 0 amide bonds. The van der Waals surface area contributed by atoms with E-state index >= 15 is 0 Å². The predicted octanol–water partition coefficient (Wildman–Crippen LogP) is 0.723. The van der Waals surface area contributed by atoms with Gasteiger partial charge in [0.15, 0.2) is 0 Å². The van der Waals surface area contributed by atoms with E-state index in [-0.39, 0.29) is 12.6 Å². The molecule has 0 radical (unpaired) electrons. The monoisotopic (exact) mass is 294 g/mol. The number of anilines is 1. The van der Waals surface area contributed by atoms with E-state index in [4.69, 9.17) is 10.5 Å². The molecule has 0 spiro atoms. The minimum Gasteiger partial charge on any atom is -0.394 e. The lowest BCUT2D eigenvalue weighted by Gasteiger charge is -2.34. The van der Waals surface area contributed by atoms with Gasteiger partial charge in [0, 0.05) is 19.7 Å². The fourth-order valence-corrected chi connectivity index (χ4v) is 2.46. The number of nitrogens with zero attached hydrogens (tertiary/aromatic N) is 3. The van der Waals surface area contributed by atoms with Crippen molar-refractivity contribution in [3.63, 3.8) is 0 Å². The number of ether oxygens (including phenoxy) is 1. The number of aromatic nitrogens is 3. The second-order valence-electron chi connectivity index (χ2n) is 5.50. The quantitative estimate of drug-likeness (QED) is 0.725. The molecule has 0 aliphatic heterocycles. The lowest BCUT2D eigenvalue weighted by Crippen LogP contribution is -2.39. The first-order valence-corrected chi connectivity index (χ1v) is 6.83. The molecule has 0 aromatic carbocycles. The molecule has 3 atom stereocenters. The Labute approximate surface area is 123 Å². The maximum atomic E-state index is 10.7. The third-order valence-electron chi connectivity index (χ3n) is 4.04. The van der Waals surface area contributed by atoms with Crippen LogP contribution in [0.1, 0.15) is 26.3 Å². The zero-order valence-electron chi connectivity index (χ0n) is 12.5. The van der Waals surface area contributed by atoms with Gasteiger partial charge < -0.3 is 25.3 Å². The van der Waals surface area contributed by atoms with Gasteiger partial charge in [0.1, 0.15) is 17.8 Å². The van der Waals surface area contributed by atoms with Crippen LogP contribution in [0.15, 0.2) is 18.6 Å². The Hall–Kier alpha value is -1.70. The minimum atomic E-state index is -1.07. The van der Waals surface area contributed by atoms with Gasteiger partial charge in [0.05, 0.1) is 29.7 Å². The van der Waals surface area contributed by atoms with Gasteiger partial charge in [-0.1, -0.05) is 0 Å². The lowest BCUT2D eigenvalue weighted by atomic mass is 9.91. The molecule has 0 aliphatic carbocycles. The molecule has 0 saturated heterocycles. The maximum Gasteiger partial charge on any atom is 0.145 e. The van der Waals surface area contributed by atoms with E-state index in [0.717, 1.165) is 5.39 Å². The van der Waals surface area contributed by atoms with Gasteiger partial charge in [-0.15, -0.1) is 0 Å².